The molecule has 0 unspecified atom stereocenters. The predicted molar refractivity (Wildman–Crippen MR) is 77.9 cm³/mol. The Bertz CT molecular complexity index is 592. The first kappa shape index (κ1) is 15.3. The van der Waals surface area contributed by atoms with E-state index in [1.165, 1.54) is 7.11 Å². The average molecular weight is 289 g/mol. The van der Waals surface area contributed by atoms with Gasteiger partial charge in [0, 0.05) is 0 Å². The van der Waals surface area contributed by atoms with Gasteiger partial charge in [-0.2, -0.15) is 0 Å². The molecule has 21 heavy (non-hydrogen) atoms. The van der Waals surface area contributed by atoms with Crippen molar-refractivity contribution in [2.45, 2.75) is 19.5 Å². The predicted octanol–water partition coefficient (Wildman–Crippen LogP) is 2.20. The van der Waals surface area contributed by atoms with Crippen LogP contribution in [0.15, 0.2) is 40.8 Å². The molecule has 1 aromatic carbocycles. The molecule has 0 radical (unpaired) electrons. The van der Waals surface area contributed by atoms with Gasteiger partial charge in [-0.05, 0) is 18.6 Å². The monoisotopic (exact) mass is 289 g/mol. The normalized spacial score (nSPS) is 12.1. The summed E-state index contributed by atoms with van der Waals surface area (Å²) in [7, 11) is 1.34. The van der Waals surface area contributed by atoms with E-state index >= 15 is 0 Å². The molecule has 0 amide bonds. The number of aryl methyl sites for hydroxylation is 1. The van der Waals surface area contributed by atoms with E-state index in [-0.39, 0.29) is 12.6 Å². The van der Waals surface area contributed by atoms with Crippen molar-refractivity contribution in [2.75, 3.05) is 13.7 Å². The van der Waals surface area contributed by atoms with Crippen LogP contribution in [0.5, 0.6) is 0 Å². The summed E-state index contributed by atoms with van der Waals surface area (Å²) in [6.45, 7) is 2.11. The summed E-state index contributed by atoms with van der Waals surface area (Å²) in [5, 5.41) is 12.7. The van der Waals surface area contributed by atoms with Crippen molar-refractivity contribution >= 4 is 5.97 Å². The zero-order valence-corrected chi connectivity index (χ0v) is 12.1. The van der Waals surface area contributed by atoms with Crippen LogP contribution in [-0.4, -0.2) is 24.8 Å². The molecule has 0 aliphatic heterocycles. The molecule has 0 bridgehead atoms. The van der Waals surface area contributed by atoms with E-state index in [0.29, 0.717) is 23.6 Å². The fourth-order valence-electron chi connectivity index (χ4n) is 2.14. The smallest absolute Gasteiger partial charge is 0.341 e. The lowest BCUT2D eigenvalue weighted by atomic mass is 10.1. The quantitative estimate of drug-likeness (QED) is 0.798. The minimum atomic E-state index is -0.413. The van der Waals surface area contributed by atoms with Crippen molar-refractivity contribution in [2.24, 2.45) is 0 Å². The number of rotatable bonds is 6. The highest BCUT2D eigenvalue weighted by Crippen LogP contribution is 2.17. The number of aliphatic hydroxyl groups is 1. The molecule has 1 aromatic heterocycles. The van der Waals surface area contributed by atoms with Gasteiger partial charge in [-0.1, -0.05) is 30.3 Å². The molecule has 0 aliphatic carbocycles. The molecule has 2 N–H and O–H groups in total. The molecule has 5 heteroatoms. The van der Waals surface area contributed by atoms with Gasteiger partial charge in [-0.15, -0.1) is 0 Å². The van der Waals surface area contributed by atoms with Gasteiger partial charge < -0.3 is 19.6 Å². The second kappa shape index (κ2) is 7.06. The standard InChI is InChI=1S/C16H19NO4/c1-11-14(16(19)20-2)8-13(21-11)9-17-15(10-18)12-6-4-3-5-7-12/h3-8,15,17-18H,9-10H2,1-2H3/t15-/m1/s1. The van der Waals surface area contributed by atoms with Gasteiger partial charge in [-0.25, -0.2) is 4.79 Å². The van der Waals surface area contributed by atoms with Crippen molar-refractivity contribution in [3.05, 3.63) is 59.0 Å². The summed E-state index contributed by atoms with van der Waals surface area (Å²) < 4.78 is 10.2. The lowest BCUT2D eigenvalue weighted by Gasteiger charge is -2.15. The third-order valence-electron chi connectivity index (χ3n) is 3.28. The van der Waals surface area contributed by atoms with Gasteiger partial charge in [-0.3, -0.25) is 0 Å². The first-order chi connectivity index (χ1) is 10.2. The minimum absolute atomic E-state index is 0.0203. The molecule has 1 heterocycles. The molecule has 0 fully saturated rings. The zero-order valence-electron chi connectivity index (χ0n) is 12.1. The number of hydrogen-bond donors (Lipinski definition) is 2. The first-order valence-corrected chi connectivity index (χ1v) is 6.72. The number of esters is 1. The highest BCUT2D eigenvalue weighted by Gasteiger charge is 2.16. The fourth-order valence-corrected chi connectivity index (χ4v) is 2.14. The second-order valence-corrected chi connectivity index (χ2v) is 4.70. The van der Waals surface area contributed by atoms with Crippen LogP contribution in [0.4, 0.5) is 0 Å². The Morgan fingerprint density at radius 2 is 2.10 bits per heavy atom. The molecule has 0 saturated carbocycles. The molecule has 2 aromatic rings. The van der Waals surface area contributed by atoms with Gasteiger partial charge in [0.1, 0.15) is 17.1 Å². The molecule has 112 valence electrons. The van der Waals surface area contributed by atoms with E-state index in [1.54, 1.807) is 13.0 Å². The number of nitrogens with one attached hydrogen (secondary N) is 1. The van der Waals surface area contributed by atoms with E-state index in [2.05, 4.69) is 10.1 Å². The number of carbonyl (C=O) groups is 1. The van der Waals surface area contributed by atoms with Crippen LogP contribution in [0, 0.1) is 6.92 Å². The van der Waals surface area contributed by atoms with Crippen LogP contribution < -0.4 is 5.32 Å². The number of aliphatic hydroxyl groups excluding tert-OH is 1. The van der Waals surface area contributed by atoms with Gasteiger partial charge in [0.05, 0.1) is 26.3 Å². The maximum absolute atomic E-state index is 11.5. The number of carbonyl (C=O) groups excluding carboxylic acids is 1. The number of furan rings is 1. The van der Waals surface area contributed by atoms with Crippen molar-refractivity contribution in [3.8, 4) is 0 Å². The largest absolute Gasteiger partial charge is 0.465 e. The Kier molecular flexibility index (Phi) is 5.14. The van der Waals surface area contributed by atoms with Crippen LogP contribution >= 0.6 is 0 Å². The van der Waals surface area contributed by atoms with Gasteiger partial charge >= 0.3 is 5.97 Å². The topological polar surface area (TPSA) is 71.7 Å². The van der Waals surface area contributed by atoms with Crippen molar-refractivity contribution in [3.63, 3.8) is 0 Å². The van der Waals surface area contributed by atoms with E-state index in [9.17, 15) is 9.90 Å². The van der Waals surface area contributed by atoms with Crippen LogP contribution in [0.1, 0.15) is 33.5 Å². The average Bonchev–Trinajstić information content (AvgIpc) is 2.89. The maximum Gasteiger partial charge on any atom is 0.341 e. The Balaban J connectivity index is 2.04. The molecular formula is C16H19NO4. The van der Waals surface area contributed by atoms with Crippen LogP contribution in [0.2, 0.25) is 0 Å². The third kappa shape index (κ3) is 3.71. The van der Waals surface area contributed by atoms with Crippen molar-refractivity contribution in [1.82, 2.24) is 5.32 Å². The lowest BCUT2D eigenvalue weighted by molar-refractivity contribution is 0.0599. The summed E-state index contributed by atoms with van der Waals surface area (Å²) in [6.07, 6.45) is 0. The van der Waals surface area contributed by atoms with E-state index in [0.717, 1.165) is 5.56 Å². The highest BCUT2D eigenvalue weighted by molar-refractivity contribution is 5.90. The Labute approximate surface area is 123 Å². The number of hydrogen-bond acceptors (Lipinski definition) is 5. The van der Waals surface area contributed by atoms with Gasteiger partial charge in [0.25, 0.3) is 0 Å². The van der Waals surface area contributed by atoms with Gasteiger partial charge in [0.15, 0.2) is 0 Å². The highest BCUT2D eigenvalue weighted by atomic mass is 16.5. The summed E-state index contributed by atoms with van der Waals surface area (Å²) >= 11 is 0. The van der Waals surface area contributed by atoms with Gasteiger partial charge in [0.2, 0.25) is 0 Å². The first-order valence-electron chi connectivity index (χ1n) is 6.72. The fraction of sp³-hybridized carbons (Fsp3) is 0.312. The maximum atomic E-state index is 11.5. The molecule has 0 saturated heterocycles. The summed E-state index contributed by atoms with van der Waals surface area (Å²) in [4.78, 5) is 11.5. The Morgan fingerprint density at radius 3 is 2.71 bits per heavy atom. The number of methoxy groups -OCH3 is 1. The zero-order chi connectivity index (χ0) is 15.2. The second-order valence-electron chi connectivity index (χ2n) is 4.70. The summed E-state index contributed by atoms with van der Waals surface area (Å²) in [5.74, 6) is 0.741. The summed E-state index contributed by atoms with van der Waals surface area (Å²) in [6, 6.07) is 11.1. The van der Waals surface area contributed by atoms with E-state index in [4.69, 9.17) is 4.42 Å². The molecule has 1 atom stereocenters. The van der Waals surface area contributed by atoms with Crippen LogP contribution in [0.25, 0.3) is 0 Å². The van der Waals surface area contributed by atoms with E-state index in [1.807, 2.05) is 30.3 Å². The third-order valence-corrected chi connectivity index (χ3v) is 3.28. The molecule has 0 aliphatic rings. The summed E-state index contributed by atoms with van der Waals surface area (Å²) in [5.41, 5.74) is 1.42. The SMILES string of the molecule is COC(=O)c1cc(CN[C@H](CO)c2ccccc2)oc1C. The molecule has 5 nitrogen and oxygen atoms in total. The molecule has 2 rings (SSSR count). The van der Waals surface area contributed by atoms with Crippen LogP contribution in [-0.2, 0) is 11.3 Å². The van der Waals surface area contributed by atoms with Crippen LogP contribution in [0.3, 0.4) is 0 Å². The van der Waals surface area contributed by atoms with Crippen molar-refractivity contribution < 1.29 is 19.1 Å². The molecular weight excluding hydrogens is 270 g/mol. The molecule has 0 spiro atoms. The Hall–Kier alpha value is -2.11. The minimum Gasteiger partial charge on any atom is -0.465 e. The number of benzene rings is 1. The van der Waals surface area contributed by atoms with E-state index < -0.39 is 5.97 Å². The lowest BCUT2D eigenvalue weighted by Crippen LogP contribution is -2.23. The Morgan fingerprint density at radius 1 is 1.38 bits per heavy atom. The van der Waals surface area contributed by atoms with Crippen molar-refractivity contribution in [1.29, 1.82) is 0 Å². The number of ether oxygens (including phenoxy) is 1.